The summed E-state index contributed by atoms with van der Waals surface area (Å²) in [5.41, 5.74) is 2.49. The predicted molar refractivity (Wildman–Crippen MR) is 88.4 cm³/mol. The number of hydrogen-bond donors (Lipinski definition) is 1. The Bertz CT molecular complexity index is 598. The number of fused-ring (bicyclic) bond motifs is 1. The molecule has 3 nitrogen and oxygen atoms in total. The van der Waals surface area contributed by atoms with Crippen molar-refractivity contribution in [3.05, 3.63) is 52.5 Å². The Hall–Kier alpha value is -1.68. The molecule has 0 aromatic heterocycles. The molecule has 0 spiro atoms. The summed E-state index contributed by atoms with van der Waals surface area (Å²) >= 11 is 3.41. The van der Waals surface area contributed by atoms with E-state index in [0.717, 1.165) is 34.6 Å². The fourth-order valence-electron chi connectivity index (χ4n) is 2.44. The number of anilines is 1. The molecule has 0 aliphatic carbocycles. The SMILES string of the molecule is Brc1ccc(OCCOc2cccc3c2NCCC3)cc1. The number of halogens is 1. The van der Waals surface area contributed by atoms with Crippen LogP contribution in [0.3, 0.4) is 0 Å². The maximum atomic E-state index is 5.85. The second-order valence-electron chi connectivity index (χ2n) is 4.97. The standard InChI is InChI=1S/C17H18BrNO2/c18-14-6-8-15(9-7-14)20-11-12-21-16-5-1-3-13-4-2-10-19-17(13)16/h1,3,5-9,19H,2,4,10-12H2. The molecule has 1 N–H and O–H groups in total. The lowest BCUT2D eigenvalue weighted by atomic mass is 10.0. The molecule has 0 unspecified atom stereocenters. The molecule has 0 bridgehead atoms. The van der Waals surface area contributed by atoms with Crippen molar-refractivity contribution < 1.29 is 9.47 Å². The minimum atomic E-state index is 0.533. The molecule has 0 radical (unpaired) electrons. The monoisotopic (exact) mass is 347 g/mol. The van der Waals surface area contributed by atoms with Crippen LogP contribution in [0.4, 0.5) is 5.69 Å². The van der Waals surface area contributed by atoms with Crippen molar-refractivity contribution in [2.45, 2.75) is 12.8 Å². The van der Waals surface area contributed by atoms with Gasteiger partial charge in [0.15, 0.2) is 0 Å². The van der Waals surface area contributed by atoms with Gasteiger partial charge in [0.1, 0.15) is 24.7 Å². The fourth-order valence-corrected chi connectivity index (χ4v) is 2.70. The van der Waals surface area contributed by atoms with Gasteiger partial charge in [-0.2, -0.15) is 0 Å². The first-order valence-corrected chi connectivity index (χ1v) is 7.99. The number of hydrogen-bond acceptors (Lipinski definition) is 3. The van der Waals surface area contributed by atoms with Crippen molar-refractivity contribution in [3.63, 3.8) is 0 Å². The normalized spacial score (nSPS) is 13.2. The second kappa shape index (κ2) is 6.85. The molecule has 4 heteroatoms. The van der Waals surface area contributed by atoms with Gasteiger partial charge in [-0.1, -0.05) is 28.1 Å². The Kier molecular flexibility index (Phi) is 4.65. The summed E-state index contributed by atoms with van der Waals surface area (Å²) in [5, 5.41) is 3.43. The lowest BCUT2D eigenvalue weighted by molar-refractivity contribution is 0.217. The fraction of sp³-hybridized carbons (Fsp3) is 0.294. The van der Waals surface area contributed by atoms with Crippen LogP contribution in [0.1, 0.15) is 12.0 Å². The average molecular weight is 348 g/mol. The van der Waals surface area contributed by atoms with Crippen molar-refractivity contribution in [2.75, 3.05) is 25.1 Å². The van der Waals surface area contributed by atoms with E-state index in [1.54, 1.807) is 0 Å². The molecule has 0 saturated carbocycles. The molecule has 2 aromatic rings. The Morgan fingerprint density at radius 3 is 2.67 bits per heavy atom. The van der Waals surface area contributed by atoms with E-state index in [4.69, 9.17) is 9.47 Å². The van der Waals surface area contributed by atoms with E-state index in [9.17, 15) is 0 Å². The molecule has 2 aromatic carbocycles. The maximum Gasteiger partial charge on any atom is 0.142 e. The number of benzene rings is 2. The predicted octanol–water partition coefficient (Wildman–Crippen LogP) is 4.27. The Balaban J connectivity index is 1.53. The van der Waals surface area contributed by atoms with Crippen LogP contribution in [0.15, 0.2) is 46.9 Å². The highest BCUT2D eigenvalue weighted by Crippen LogP contribution is 2.31. The van der Waals surface area contributed by atoms with Gasteiger partial charge < -0.3 is 14.8 Å². The number of ether oxygens (including phenoxy) is 2. The lowest BCUT2D eigenvalue weighted by Gasteiger charge is -2.21. The molecule has 3 rings (SSSR count). The molecule has 0 amide bonds. The lowest BCUT2D eigenvalue weighted by Crippen LogP contribution is -2.15. The molecule has 1 aliphatic heterocycles. The average Bonchev–Trinajstić information content (AvgIpc) is 2.53. The van der Waals surface area contributed by atoms with Crippen LogP contribution in [0, 0.1) is 0 Å². The van der Waals surface area contributed by atoms with Crippen LogP contribution in [0.25, 0.3) is 0 Å². The van der Waals surface area contributed by atoms with E-state index in [1.165, 1.54) is 12.0 Å². The van der Waals surface area contributed by atoms with E-state index in [-0.39, 0.29) is 0 Å². The van der Waals surface area contributed by atoms with E-state index in [0.29, 0.717) is 13.2 Å². The summed E-state index contributed by atoms with van der Waals surface area (Å²) in [6.07, 6.45) is 2.30. The maximum absolute atomic E-state index is 5.85. The number of nitrogens with one attached hydrogen (secondary N) is 1. The van der Waals surface area contributed by atoms with Crippen LogP contribution in [0.5, 0.6) is 11.5 Å². The van der Waals surface area contributed by atoms with Gasteiger partial charge >= 0.3 is 0 Å². The van der Waals surface area contributed by atoms with Gasteiger partial charge in [-0.25, -0.2) is 0 Å². The largest absolute Gasteiger partial charge is 0.490 e. The molecule has 1 heterocycles. The van der Waals surface area contributed by atoms with Gasteiger partial charge in [-0.05, 0) is 48.7 Å². The van der Waals surface area contributed by atoms with E-state index in [2.05, 4.69) is 33.4 Å². The zero-order valence-electron chi connectivity index (χ0n) is 11.8. The third-order valence-corrected chi connectivity index (χ3v) is 3.99. The third-order valence-electron chi connectivity index (χ3n) is 3.46. The molecular weight excluding hydrogens is 330 g/mol. The van der Waals surface area contributed by atoms with Crippen LogP contribution >= 0.6 is 15.9 Å². The van der Waals surface area contributed by atoms with Crippen LogP contribution in [-0.2, 0) is 6.42 Å². The first-order valence-electron chi connectivity index (χ1n) is 7.20. The highest BCUT2D eigenvalue weighted by Gasteiger charge is 2.12. The quantitative estimate of drug-likeness (QED) is 0.819. The number of rotatable bonds is 5. The van der Waals surface area contributed by atoms with E-state index >= 15 is 0 Å². The summed E-state index contributed by atoms with van der Waals surface area (Å²) in [4.78, 5) is 0. The van der Waals surface area contributed by atoms with Gasteiger partial charge in [0.2, 0.25) is 0 Å². The minimum absolute atomic E-state index is 0.533. The topological polar surface area (TPSA) is 30.5 Å². The van der Waals surface area contributed by atoms with E-state index in [1.807, 2.05) is 30.3 Å². The smallest absolute Gasteiger partial charge is 0.142 e. The van der Waals surface area contributed by atoms with Gasteiger partial charge in [0.25, 0.3) is 0 Å². The van der Waals surface area contributed by atoms with Crippen molar-refractivity contribution in [2.24, 2.45) is 0 Å². The summed E-state index contributed by atoms with van der Waals surface area (Å²) in [6.45, 7) is 2.09. The minimum Gasteiger partial charge on any atom is -0.490 e. The van der Waals surface area contributed by atoms with Crippen molar-refractivity contribution in [1.82, 2.24) is 0 Å². The Morgan fingerprint density at radius 1 is 1.00 bits per heavy atom. The molecular formula is C17H18BrNO2. The zero-order chi connectivity index (χ0) is 14.5. The van der Waals surface area contributed by atoms with Crippen LogP contribution < -0.4 is 14.8 Å². The molecule has 1 aliphatic rings. The summed E-state index contributed by atoms with van der Waals surface area (Å²) in [6, 6.07) is 14.0. The molecule has 21 heavy (non-hydrogen) atoms. The van der Waals surface area contributed by atoms with Gasteiger partial charge in [-0.15, -0.1) is 0 Å². The van der Waals surface area contributed by atoms with Crippen molar-refractivity contribution >= 4 is 21.6 Å². The van der Waals surface area contributed by atoms with Gasteiger partial charge in [0.05, 0.1) is 5.69 Å². The number of aryl methyl sites for hydroxylation is 1. The first kappa shape index (κ1) is 14.3. The summed E-state index contributed by atoms with van der Waals surface area (Å²) in [7, 11) is 0. The van der Waals surface area contributed by atoms with E-state index < -0.39 is 0 Å². The third kappa shape index (κ3) is 3.70. The van der Waals surface area contributed by atoms with Crippen molar-refractivity contribution in [1.29, 1.82) is 0 Å². The molecule has 110 valence electrons. The second-order valence-corrected chi connectivity index (χ2v) is 5.89. The molecule has 0 saturated heterocycles. The summed E-state index contributed by atoms with van der Waals surface area (Å²) < 4.78 is 12.6. The van der Waals surface area contributed by atoms with Gasteiger partial charge in [-0.3, -0.25) is 0 Å². The molecule has 0 fully saturated rings. The van der Waals surface area contributed by atoms with Crippen LogP contribution in [-0.4, -0.2) is 19.8 Å². The number of para-hydroxylation sites is 1. The van der Waals surface area contributed by atoms with Crippen LogP contribution in [0.2, 0.25) is 0 Å². The molecule has 0 atom stereocenters. The Labute approximate surface area is 133 Å². The Morgan fingerprint density at radius 2 is 1.81 bits per heavy atom. The summed E-state index contributed by atoms with van der Waals surface area (Å²) in [5.74, 6) is 1.78. The highest BCUT2D eigenvalue weighted by atomic mass is 79.9. The first-order chi connectivity index (χ1) is 10.3. The zero-order valence-corrected chi connectivity index (χ0v) is 13.4. The van der Waals surface area contributed by atoms with Gasteiger partial charge in [0, 0.05) is 11.0 Å². The van der Waals surface area contributed by atoms with Crippen molar-refractivity contribution in [3.8, 4) is 11.5 Å². The highest BCUT2D eigenvalue weighted by molar-refractivity contribution is 9.10.